The molecule has 0 aromatic heterocycles. The van der Waals surface area contributed by atoms with Gasteiger partial charge >= 0.3 is 5.97 Å². The summed E-state index contributed by atoms with van der Waals surface area (Å²) in [5.74, 6) is -0.794. The third kappa shape index (κ3) is 3.03. The second-order valence-electron chi connectivity index (χ2n) is 5.31. The molecule has 2 rings (SSSR count). The first kappa shape index (κ1) is 15.0. The number of hydrogen-bond donors (Lipinski definition) is 1. The summed E-state index contributed by atoms with van der Waals surface area (Å²) in [5.41, 5.74) is 0.182. The van der Waals surface area contributed by atoms with Crippen LogP contribution in [0.25, 0.3) is 0 Å². The Balaban J connectivity index is 2.03. The first-order valence-corrected chi connectivity index (χ1v) is 7.52. The van der Waals surface area contributed by atoms with Crippen LogP contribution in [0.15, 0.2) is 28.7 Å². The number of carbonyl (C=O) groups is 2. The highest BCUT2D eigenvalue weighted by atomic mass is 79.9. The van der Waals surface area contributed by atoms with Gasteiger partial charge in [0.05, 0.1) is 11.8 Å². The van der Waals surface area contributed by atoms with Crippen LogP contribution in [0.5, 0.6) is 0 Å². The van der Waals surface area contributed by atoms with Gasteiger partial charge in [0, 0.05) is 17.6 Å². The van der Waals surface area contributed by atoms with E-state index in [-0.39, 0.29) is 5.91 Å². The SMILES string of the molecule is CCC1(C(=O)O)CCN(C(=O)Cc2cccc(Br)c2)C1. The number of benzene rings is 1. The number of hydrogen-bond acceptors (Lipinski definition) is 2. The van der Waals surface area contributed by atoms with Crippen molar-refractivity contribution in [2.24, 2.45) is 5.41 Å². The number of carboxylic acids is 1. The van der Waals surface area contributed by atoms with E-state index in [1.165, 1.54) is 0 Å². The van der Waals surface area contributed by atoms with Crippen LogP contribution < -0.4 is 0 Å². The first-order chi connectivity index (χ1) is 9.47. The summed E-state index contributed by atoms with van der Waals surface area (Å²) >= 11 is 3.38. The fourth-order valence-corrected chi connectivity index (χ4v) is 3.08. The van der Waals surface area contributed by atoms with E-state index in [1.54, 1.807) is 4.90 Å². The largest absolute Gasteiger partial charge is 0.481 e. The summed E-state index contributed by atoms with van der Waals surface area (Å²) in [4.78, 5) is 25.3. The predicted molar refractivity (Wildman–Crippen MR) is 79.4 cm³/mol. The third-order valence-electron chi connectivity index (χ3n) is 4.08. The van der Waals surface area contributed by atoms with E-state index >= 15 is 0 Å². The average molecular weight is 340 g/mol. The second-order valence-corrected chi connectivity index (χ2v) is 6.23. The van der Waals surface area contributed by atoms with Crippen LogP contribution in [-0.4, -0.2) is 35.0 Å². The molecule has 1 aliphatic rings. The van der Waals surface area contributed by atoms with Gasteiger partial charge in [-0.15, -0.1) is 0 Å². The molecule has 1 aliphatic heterocycles. The minimum Gasteiger partial charge on any atom is -0.481 e. The number of carboxylic acid groups (broad SMARTS) is 1. The molecule has 5 heteroatoms. The Morgan fingerprint density at radius 2 is 2.20 bits per heavy atom. The summed E-state index contributed by atoms with van der Waals surface area (Å²) in [6.45, 7) is 2.73. The Morgan fingerprint density at radius 1 is 1.45 bits per heavy atom. The van der Waals surface area contributed by atoms with Crippen molar-refractivity contribution in [3.8, 4) is 0 Å². The highest BCUT2D eigenvalue weighted by Gasteiger charge is 2.44. The lowest BCUT2D eigenvalue weighted by Crippen LogP contribution is -2.37. The van der Waals surface area contributed by atoms with E-state index in [0.29, 0.717) is 32.4 Å². The van der Waals surface area contributed by atoms with Gasteiger partial charge in [-0.1, -0.05) is 35.0 Å². The summed E-state index contributed by atoms with van der Waals surface area (Å²) in [7, 11) is 0. The van der Waals surface area contributed by atoms with Gasteiger partial charge in [0.1, 0.15) is 0 Å². The Labute approximate surface area is 126 Å². The predicted octanol–water partition coefficient (Wildman–Crippen LogP) is 2.70. The zero-order chi connectivity index (χ0) is 14.8. The van der Waals surface area contributed by atoms with Crippen molar-refractivity contribution in [3.63, 3.8) is 0 Å². The smallest absolute Gasteiger partial charge is 0.311 e. The van der Waals surface area contributed by atoms with Crippen molar-refractivity contribution in [2.75, 3.05) is 13.1 Å². The first-order valence-electron chi connectivity index (χ1n) is 6.72. The molecule has 1 aromatic rings. The van der Waals surface area contributed by atoms with Gasteiger partial charge in [0.2, 0.25) is 5.91 Å². The van der Waals surface area contributed by atoms with Crippen LogP contribution >= 0.6 is 15.9 Å². The van der Waals surface area contributed by atoms with Crippen molar-refractivity contribution in [2.45, 2.75) is 26.2 Å². The van der Waals surface area contributed by atoms with E-state index in [9.17, 15) is 14.7 Å². The molecule has 1 heterocycles. The van der Waals surface area contributed by atoms with Crippen molar-refractivity contribution < 1.29 is 14.7 Å². The maximum absolute atomic E-state index is 12.3. The number of likely N-dealkylation sites (tertiary alicyclic amines) is 1. The lowest BCUT2D eigenvalue weighted by molar-refractivity contribution is -0.148. The molecule has 0 spiro atoms. The summed E-state index contributed by atoms with van der Waals surface area (Å²) in [5, 5.41) is 9.35. The molecule has 0 radical (unpaired) electrons. The molecule has 1 fully saturated rings. The fraction of sp³-hybridized carbons (Fsp3) is 0.467. The lowest BCUT2D eigenvalue weighted by Gasteiger charge is -2.23. The molecule has 1 saturated heterocycles. The topological polar surface area (TPSA) is 57.6 Å². The maximum atomic E-state index is 12.3. The van der Waals surface area contributed by atoms with E-state index < -0.39 is 11.4 Å². The van der Waals surface area contributed by atoms with Crippen molar-refractivity contribution in [1.29, 1.82) is 0 Å². The minimum absolute atomic E-state index is 0.000301. The lowest BCUT2D eigenvalue weighted by atomic mass is 9.84. The Morgan fingerprint density at radius 3 is 2.75 bits per heavy atom. The standard InChI is InChI=1S/C15H18BrNO3/c1-2-15(14(19)20)6-7-17(10-15)13(18)9-11-4-3-5-12(16)8-11/h3-5,8H,2,6-7,9-10H2,1H3,(H,19,20). The number of rotatable bonds is 4. The molecular formula is C15H18BrNO3. The zero-order valence-corrected chi connectivity index (χ0v) is 13.0. The Kier molecular flexibility index (Phi) is 4.48. The number of carbonyl (C=O) groups excluding carboxylic acids is 1. The Hall–Kier alpha value is -1.36. The zero-order valence-electron chi connectivity index (χ0n) is 11.4. The molecule has 1 amide bonds. The highest BCUT2D eigenvalue weighted by molar-refractivity contribution is 9.10. The molecule has 1 unspecified atom stereocenters. The van der Waals surface area contributed by atoms with Gasteiger partial charge < -0.3 is 10.0 Å². The van der Waals surface area contributed by atoms with Crippen LogP contribution in [0.3, 0.4) is 0 Å². The summed E-state index contributed by atoms with van der Waals surface area (Å²) in [6.07, 6.45) is 1.42. The van der Waals surface area contributed by atoms with Gasteiger partial charge in [0.25, 0.3) is 0 Å². The molecule has 0 bridgehead atoms. The van der Waals surface area contributed by atoms with Crippen LogP contribution in [0, 0.1) is 5.41 Å². The molecule has 0 saturated carbocycles. The van der Waals surface area contributed by atoms with Gasteiger partial charge in [-0.05, 0) is 30.5 Å². The van der Waals surface area contributed by atoms with Crippen LogP contribution in [0.4, 0.5) is 0 Å². The van der Waals surface area contributed by atoms with Gasteiger partial charge in [-0.3, -0.25) is 9.59 Å². The van der Waals surface area contributed by atoms with Crippen molar-refractivity contribution in [3.05, 3.63) is 34.3 Å². The summed E-state index contributed by atoms with van der Waals surface area (Å²) in [6, 6.07) is 7.63. The molecule has 1 atom stereocenters. The average Bonchev–Trinajstić information content (AvgIpc) is 2.84. The normalized spacial score (nSPS) is 22.0. The quantitative estimate of drug-likeness (QED) is 0.917. The van der Waals surface area contributed by atoms with Gasteiger partial charge in [-0.2, -0.15) is 0 Å². The fourth-order valence-electron chi connectivity index (χ4n) is 2.63. The molecule has 0 aliphatic carbocycles. The van der Waals surface area contributed by atoms with E-state index in [4.69, 9.17) is 0 Å². The van der Waals surface area contributed by atoms with Gasteiger partial charge in [0.15, 0.2) is 0 Å². The molecule has 4 nitrogen and oxygen atoms in total. The number of amides is 1. The van der Waals surface area contributed by atoms with E-state index in [2.05, 4.69) is 15.9 Å². The number of nitrogens with zero attached hydrogens (tertiary/aromatic N) is 1. The van der Waals surface area contributed by atoms with Crippen LogP contribution in [-0.2, 0) is 16.0 Å². The molecular weight excluding hydrogens is 322 g/mol. The third-order valence-corrected chi connectivity index (χ3v) is 4.57. The van der Waals surface area contributed by atoms with Crippen molar-refractivity contribution in [1.82, 2.24) is 4.90 Å². The highest BCUT2D eigenvalue weighted by Crippen LogP contribution is 2.34. The molecule has 1 N–H and O–H groups in total. The van der Waals surface area contributed by atoms with E-state index in [0.717, 1.165) is 10.0 Å². The Bertz CT molecular complexity index is 532. The van der Waals surface area contributed by atoms with E-state index in [1.807, 2.05) is 31.2 Å². The van der Waals surface area contributed by atoms with Crippen LogP contribution in [0.2, 0.25) is 0 Å². The minimum atomic E-state index is -0.794. The number of aliphatic carboxylic acids is 1. The monoisotopic (exact) mass is 339 g/mol. The molecule has 1 aromatic carbocycles. The van der Waals surface area contributed by atoms with Crippen LogP contribution in [0.1, 0.15) is 25.3 Å². The second kappa shape index (κ2) is 5.95. The van der Waals surface area contributed by atoms with Crippen molar-refractivity contribution >= 4 is 27.8 Å². The summed E-state index contributed by atoms with van der Waals surface area (Å²) < 4.78 is 0.942. The van der Waals surface area contributed by atoms with Gasteiger partial charge in [-0.25, -0.2) is 0 Å². The number of halogens is 1. The molecule has 20 heavy (non-hydrogen) atoms. The molecule has 108 valence electrons. The maximum Gasteiger partial charge on any atom is 0.311 e.